The second-order valence-corrected chi connectivity index (χ2v) is 15.3. The number of esters is 1. The second kappa shape index (κ2) is 13.1. The summed E-state index contributed by atoms with van der Waals surface area (Å²) in [5.74, 6) is -1.42. The maximum Gasteiger partial charge on any atom is 0.459 e. The summed E-state index contributed by atoms with van der Waals surface area (Å²) < 4.78 is 45.2. The Kier molecular flexibility index (Phi) is 9.72. The van der Waals surface area contributed by atoms with Crippen LogP contribution in [-0.4, -0.2) is 62.9 Å². The number of nitrogens with zero attached hydrogens (tertiary/aromatic N) is 4. The number of nitriles is 1. The molecule has 1 saturated carbocycles. The van der Waals surface area contributed by atoms with Crippen LogP contribution in [0, 0.1) is 17.2 Å². The molecular weight excluding hydrogens is 627 g/mol. The minimum Gasteiger partial charge on any atom is -0.464 e. The minimum absolute atomic E-state index is 0.0601. The Balaban J connectivity index is 1.39. The summed E-state index contributed by atoms with van der Waals surface area (Å²) >= 11 is 0. The monoisotopic (exact) mass is 670 g/mol. The number of aliphatic hydroxyl groups is 1. The summed E-state index contributed by atoms with van der Waals surface area (Å²) in [6.07, 6.45) is 1.45. The van der Waals surface area contributed by atoms with Gasteiger partial charge in [-0.25, -0.2) is 14.1 Å². The van der Waals surface area contributed by atoms with E-state index in [0.717, 1.165) is 18.4 Å². The predicted octanol–water partition coefficient (Wildman–Crippen LogP) is 4.37. The van der Waals surface area contributed by atoms with Gasteiger partial charge < -0.3 is 29.6 Å². The number of aromatic nitrogens is 3. The van der Waals surface area contributed by atoms with Crippen molar-refractivity contribution in [2.75, 3.05) is 18.9 Å². The molecule has 1 aliphatic carbocycles. The van der Waals surface area contributed by atoms with E-state index < -0.39 is 43.4 Å². The van der Waals surface area contributed by atoms with Crippen molar-refractivity contribution in [1.29, 1.82) is 5.26 Å². The molecule has 15 heteroatoms. The van der Waals surface area contributed by atoms with Gasteiger partial charge in [-0.1, -0.05) is 32.9 Å². The Morgan fingerprint density at radius 1 is 1.21 bits per heavy atom. The summed E-state index contributed by atoms with van der Waals surface area (Å²) in [6, 6.07) is 11.6. The molecule has 1 aliphatic heterocycles. The molecule has 3 heterocycles. The van der Waals surface area contributed by atoms with Gasteiger partial charge in [0.2, 0.25) is 5.60 Å². The third-order valence-electron chi connectivity index (χ3n) is 7.98. The van der Waals surface area contributed by atoms with Gasteiger partial charge in [-0.2, -0.15) is 15.4 Å². The molecule has 0 amide bonds. The molecule has 1 unspecified atom stereocenters. The maximum absolute atomic E-state index is 14.3. The van der Waals surface area contributed by atoms with E-state index in [4.69, 9.17) is 29.0 Å². The number of nitrogens with one attached hydrogen (secondary N) is 1. The van der Waals surface area contributed by atoms with Gasteiger partial charge in [-0.3, -0.25) is 9.32 Å². The molecule has 14 nitrogen and oxygen atoms in total. The number of fused-ring (bicyclic) bond motifs is 1. The Labute approximate surface area is 274 Å². The lowest BCUT2D eigenvalue weighted by Gasteiger charge is -2.31. The van der Waals surface area contributed by atoms with Gasteiger partial charge in [0.05, 0.1) is 25.0 Å². The van der Waals surface area contributed by atoms with Crippen LogP contribution in [0.4, 0.5) is 5.82 Å². The lowest BCUT2D eigenvalue weighted by molar-refractivity contribution is -0.226. The number of hydrogen-bond donors (Lipinski definition) is 3. The topological polar surface area (TPSA) is 193 Å². The number of rotatable bonds is 13. The van der Waals surface area contributed by atoms with Gasteiger partial charge in [0.15, 0.2) is 11.6 Å². The smallest absolute Gasteiger partial charge is 0.459 e. The molecule has 0 spiro atoms. The van der Waals surface area contributed by atoms with Crippen LogP contribution < -0.4 is 15.3 Å². The summed E-state index contributed by atoms with van der Waals surface area (Å²) in [5, 5.41) is 28.1. The standard InChI is InChI=1S/C32H43N6O8P/c1-20(29(39)42-16-21-7-8-21)37-47(41,46-23-11-9-22(10-12-23)30(2,3)4)43-17-24-15-27(45-31(5,6)40)32(18-33,44-24)26-14-13-25-28(34)35-19-36-38(25)26/h9-14,19-21,24,27,40H,7-8,15-17H2,1-6H3,(H,37,41)(H2,34,35,36)/t20-,24-,27+,32-,47?/m0/s1. The van der Waals surface area contributed by atoms with Gasteiger partial charge in [0.25, 0.3) is 0 Å². The van der Waals surface area contributed by atoms with E-state index >= 15 is 0 Å². The zero-order valence-electron chi connectivity index (χ0n) is 27.5. The van der Waals surface area contributed by atoms with Crippen molar-refractivity contribution in [2.45, 2.75) is 95.9 Å². The highest BCUT2D eigenvalue weighted by atomic mass is 31.2. The number of nitrogens with two attached hydrogens (primary N) is 1. The lowest BCUT2D eigenvalue weighted by Crippen LogP contribution is -2.43. The Bertz CT molecular complexity index is 1670. The van der Waals surface area contributed by atoms with Gasteiger partial charge in [-0.15, -0.1) is 0 Å². The van der Waals surface area contributed by atoms with Crippen LogP contribution in [-0.2, 0) is 39.1 Å². The first-order chi connectivity index (χ1) is 22.0. The Hall–Kier alpha value is -3.57. The Morgan fingerprint density at radius 2 is 1.91 bits per heavy atom. The van der Waals surface area contributed by atoms with E-state index in [2.05, 4.69) is 42.0 Å². The van der Waals surface area contributed by atoms with Crippen LogP contribution in [0.1, 0.15) is 72.1 Å². The van der Waals surface area contributed by atoms with Crippen LogP contribution in [0.5, 0.6) is 5.75 Å². The average molecular weight is 671 g/mol. The van der Waals surface area contributed by atoms with Crippen molar-refractivity contribution in [3.8, 4) is 11.8 Å². The van der Waals surface area contributed by atoms with E-state index in [9.17, 15) is 19.7 Å². The van der Waals surface area contributed by atoms with E-state index in [1.807, 2.05) is 12.1 Å². The number of benzene rings is 1. The lowest BCUT2D eigenvalue weighted by atomic mass is 9.87. The fourth-order valence-corrected chi connectivity index (χ4v) is 6.83. The quantitative estimate of drug-likeness (QED) is 0.132. The van der Waals surface area contributed by atoms with Crippen LogP contribution in [0.2, 0.25) is 0 Å². The van der Waals surface area contributed by atoms with Crippen molar-refractivity contribution in [1.82, 2.24) is 19.7 Å². The fraction of sp³-hybridized carbons (Fsp3) is 0.562. The summed E-state index contributed by atoms with van der Waals surface area (Å²) in [6.45, 7) is 10.6. The molecule has 0 radical (unpaired) electrons. The summed E-state index contributed by atoms with van der Waals surface area (Å²) in [7, 11) is -4.25. The van der Waals surface area contributed by atoms with Gasteiger partial charge in [0.1, 0.15) is 35.8 Å². The SMILES string of the molecule is C[C@H](NP(=O)(OC[C@@H]1C[C@@H](OC(C)(C)O)[C@](C#N)(c2ccc3c(N)ncnn23)O1)Oc1ccc(C(C)(C)C)cc1)C(=O)OCC1CC1. The molecule has 2 aromatic heterocycles. The first kappa shape index (κ1) is 34.8. The molecule has 5 atom stereocenters. The molecule has 4 N–H and O–H groups in total. The van der Waals surface area contributed by atoms with Gasteiger partial charge >= 0.3 is 13.7 Å². The number of nitrogen functional groups attached to an aromatic ring is 1. The number of carbonyl (C=O) groups is 1. The highest BCUT2D eigenvalue weighted by molar-refractivity contribution is 7.52. The van der Waals surface area contributed by atoms with Crippen LogP contribution in [0.15, 0.2) is 42.7 Å². The zero-order valence-corrected chi connectivity index (χ0v) is 28.4. The highest BCUT2D eigenvalue weighted by Gasteiger charge is 2.55. The predicted molar refractivity (Wildman–Crippen MR) is 171 cm³/mol. The first-order valence-corrected chi connectivity index (χ1v) is 17.1. The van der Waals surface area contributed by atoms with E-state index in [-0.39, 0.29) is 30.0 Å². The van der Waals surface area contributed by atoms with Crippen LogP contribution in [0.3, 0.4) is 0 Å². The summed E-state index contributed by atoms with van der Waals surface area (Å²) in [5.41, 5.74) is 5.93. The fourth-order valence-electron chi connectivity index (χ4n) is 5.31. The third-order valence-corrected chi connectivity index (χ3v) is 9.63. The third kappa shape index (κ3) is 8.12. The second-order valence-electron chi connectivity index (χ2n) is 13.6. The van der Waals surface area contributed by atoms with Gasteiger partial charge in [0, 0.05) is 6.42 Å². The minimum atomic E-state index is -4.25. The Morgan fingerprint density at radius 3 is 2.53 bits per heavy atom. The van der Waals surface area contributed by atoms with Crippen LogP contribution >= 0.6 is 7.75 Å². The molecule has 1 saturated heterocycles. The zero-order chi connectivity index (χ0) is 34.2. The van der Waals surface area contributed by atoms with Crippen molar-refractivity contribution in [3.63, 3.8) is 0 Å². The molecule has 2 fully saturated rings. The average Bonchev–Trinajstić information content (AvgIpc) is 3.61. The highest BCUT2D eigenvalue weighted by Crippen LogP contribution is 2.48. The molecule has 5 rings (SSSR count). The molecular formula is C32H43N6O8P. The van der Waals surface area contributed by atoms with Gasteiger partial charge in [-0.05, 0) is 74.8 Å². The molecule has 0 bridgehead atoms. The molecule has 254 valence electrons. The normalized spacial score (nSPS) is 23.6. The number of hydrogen-bond acceptors (Lipinski definition) is 12. The van der Waals surface area contributed by atoms with E-state index in [0.29, 0.717) is 23.7 Å². The first-order valence-electron chi connectivity index (χ1n) is 15.6. The van der Waals surface area contributed by atoms with Crippen molar-refractivity contribution >= 4 is 25.1 Å². The summed E-state index contributed by atoms with van der Waals surface area (Å²) in [4.78, 5) is 16.7. The van der Waals surface area contributed by atoms with Crippen molar-refractivity contribution in [3.05, 3.63) is 54.0 Å². The largest absolute Gasteiger partial charge is 0.464 e. The maximum atomic E-state index is 14.3. The van der Waals surface area contributed by atoms with E-state index in [1.165, 1.54) is 31.6 Å². The number of ether oxygens (including phenoxy) is 3. The number of anilines is 1. The molecule has 3 aromatic rings. The molecule has 2 aliphatic rings. The molecule has 1 aromatic carbocycles. The van der Waals surface area contributed by atoms with Crippen molar-refractivity contribution < 1.29 is 37.7 Å². The van der Waals surface area contributed by atoms with Crippen molar-refractivity contribution in [2.24, 2.45) is 5.92 Å². The number of carbonyl (C=O) groups excluding carboxylic acids is 1. The molecule has 47 heavy (non-hydrogen) atoms. The van der Waals surface area contributed by atoms with Crippen LogP contribution in [0.25, 0.3) is 5.52 Å². The van der Waals surface area contributed by atoms with E-state index in [1.54, 1.807) is 24.3 Å².